The molecule has 4 nitrogen and oxygen atoms in total. The van der Waals surface area contributed by atoms with Gasteiger partial charge in [0.2, 0.25) is 11.8 Å². The number of halogens is 1. The predicted molar refractivity (Wildman–Crippen MR) is 74.8 cm³/mol. The van der Waals surface area contributed by atoms with Crippen LogP contribution in [0, 0.1) is 0 Å². The van der Waals surface area contributed by atoms with Gasteiger partial charge in [0.25, 0.3) is 0 Å². The number of hydrogen-bond acceptors (Lipinski definition) is 2. The zero-order valence-electron chi connectivity index (χ0n) is 10.7. The zero-order chi connectivity index (χ0) is 13.6. The summed E-state index contributed by atoms with van der Waals surface area (Å²) in [7, 11) is 0. The molecule has 100 valence electrons. The highest BCUT2D eigenvalue weighted by molar-refractivity contribution is 6.24. The second kappa shape index (κ2) is 4.53. The van der Waals surface area contributed by atoms with Crippen LogP contribution in [0.2, 0.25) is 0 Å². The second-order valence-corrected chi connectivity index (χ2v) is 5.66. The molecule has 2 aliphatic rings. The lowest BCUT2D eigenvalue weighted by atomic mass is 10.1. The molecule has 1 unspecified atom stereocenters. The number of carbonyl (C=O) groups excluding carboxylic acids is 2. The van der Waals surface area contributed by atoms with Crippen LogP contribution in [-0.2, 0) is 16.0 Å². The van der Waals surface area contributed by atoms with Crippen molar-refractivity contribution < 1.29 is 9.59 Å². The fourth-order valence-electron chi connectivity index (χ4n) is 2.78. The minimum Gasteiger partial charge on any atom is -0.312 e. The summed E-state index contributed by atoms with van der Waals surface area (Å²) in [5.41, 5.74) is 2.92. The number of carbonyl (C=O) groups is 2. The number of anilines is 2. The molecule has 1 aromatic carbocycles. The maximum absolute atomic E-state index is 11.9. The van der Waals surface area contributed by atoms with E-state index in [1.807, 2.05) is 18.2 Å². The summed E-state index contributed by atoms with van der Waals surface area (Å²) in [5, 5.41) is -0.121. The van der Waals surface area contributed by atoms with Crippen LogP contribution in [0.5, 0.6) is 0 Å². The fraction of sp³-hybridized carbons (Fsp3) is 0.429. The molecule has 3 rings (SSSR count). The van der Waals surface area contributed by atoms with E-state index >= 15 is 0 Å². The van der Waals surface area contributed by atoms with Gasteiger partial charge in [-0.2, -0.15) is 0 Å². The Morgan fingerprint density at radius 1 is 1.42 bits per heavy atom. The van der Waals surface area contributed by atoms with Gasteiger partial charge in [-0.1, -0.05) is 6.07 Å². The average Bonchev–Trinajstić information content (AvgIpc) is 2.91. The summed E-state index contributed by atoms with van der Waals surface area (Å²) in [6.07, 6.45) is 1.26. The van der Waals surface area contributed by atoms with E-state index in [2.05, 4.69) is 0 Å². The molecule has 2 heterocycles. The van der Waals surface area contributed by atoms with E-state index in [1.165, 1.54) is 0 Å². The Balaban J connectivity index is 1.95. The first kappa shape index (κ1) is 12.5. The Morgan fingerprint density at radius 2 is 2.21 bits per heavy atom. The van der Waals surface area contributed by atoms with Gasteiger partial charge in [-0.05, 0) is 24.1 Å². The molecule has 0 spiro atoms. The van der Waals surface area contributed by atoms with Crippen LogP contribution < -0.4 is 9.80 Å². The third kappa shape index (κ3) is 2.10. The number of benzene rings is 1. The Hall–Kier alpha value is -1.55. The van der Waals surface area contributed by atoms with Crippen molar-refractivity contribution in [3.8, 4) is 0 Å². The number of amides is 2. The van der Waals surface area contributed by atoms with Crippen LogP contribution >= 0.6 is 11.6 Å². The normalized spacial score (nSPS) is 22.0. The van der Waals surface area contributed by atoms with Crippen molar-refractivity contribution in [1.29, 1.82) is 0 Å². The monoisotopic (exact) mass is 278 g/mol. The molecule has 0 aliphatic carbocycles. The van der Waals surface area contributed by atoms with Crippen LogP contribution in [-0.4, -0.2) is 30.3 Å². The van der Waals surface area contributed by atoms with Gasteiger partial charge >= 0.3 is 0 Å². The Kier molecular flexibility index (Phi) is 2.97. The molecule has 1 aromatic rings. The van der Waals surface area contributed by atoms with Gasteiger partial charge in [-0.25, -0.2) is 0 Å². The molecule has 1 atom stereocenters. The minimum absolute atomic E-state index is 0.0406. The van der Waals surface area contributed by atoms with Gasteiger partial charge in [0.1, 0.15) is 0 Å². The summed E-state index contributed by atoms with van der Waals surface area (Å²) in [6, 6.07) is 5.87. The average molecular weight is 279 g/mol. The lowest BCUT2D eigenvalue weighted by Crippen LogP contribution is -2.27. The first-order valence-corrected chi connectivity index (χ1v) is 6.85. The summed E-state index contributed by atoms with van der Waals surface area (Å²) < 4.78 is 0. The molecule has 19 heavy (non-hydrogen) atoms. The van der Waals surface area contributed by atoms with E-state index in [-0.39, 0.29) is 17.2 Å². The van der Waals surface area contributed by atoms with Crippen molar-refractivity contribution in [1.82, 2.24) is 0 Å². The standard InChI is InChI=1S/C14H15ClN2O2/c1-9(18)16-5-4-10-2-3-12(7-13(10)16)17-8-11(15)6-14(17)19/h2-3,7,11H,4-6,8H2,1H3. The second-order valence-electron chi connectivity index (χ2n) is 5.04. The van der Waals surface area contributed by atoms with Crippen LogP contribution in [0.15, 0.2) is 18.2 Å². The van der Waals surface area contributed by atoms with Crippen LogP contribution in [0.4, 0.5) is 11.4 Å². The number of hydrogen-bond donors (Lipinski definition) is 0. The largest absolute Gasteiger partial charge is 0.312 e. The maximum atomic E-state index is 11.9. The molecule has 2 aliphatic heterocycles. The SMILES string of the molecule is CC(=O)N1CCc2ccc(N3CC(Cl)CC3=O)cc21. The number of fused-ring (bicyclic) bond motifs is 1. The molecule has 2 amide bonds. The highest BCUT2D eigenvalue weighted by Crippen LogP contribution is 2.34. The van der Waals surface area contributed by atoms with Gasteiger partial charge in [-0.3, -0.25) is 9.59 Å². The van der Waals surface area contributed by atoms with E-state index in [0.29, 0.717) is 13.0 Å². The molecule has 0 aromatic heterocycles. The number of alkyl halides is 1. The molecule has 0 radical (unpaired) electrons. The van der Waals surface area contributed by atoms with Gasteiger partial charge in [0, 0.05) is 37.8 Å². The first-order chi connectivity index (χ1) is 9.06. The predicted octanol–water partition coefficient (Wildman–Crippen LogP) is 1.94. The summed E-state index contributed by atoms with van der Waals surface area (Å²) >= 11 is 6.02. The van der Waals surface area contributed by atoms with E-state index < -0.39 is 0 Å². The van der Waals surface area contributed by atoms with E-state index in [9.17, 15) is 9.59 Å². The fourth-order valence-corrected chi connectivity index (χ4v) is 3.05. The molecule has 0 N–H and O–H groups in total. The smallest absolute Gasteiger partial charge is 0.228 e. The summed E-state index contributed by atoms with van der Waals surface area (Å²) in [6.45, 7) is 2.83. The topological polar surface area (TPSA) is 40.6 Å². The third-order valence-electron chi connectivity index (χ3n) is 3.73. The van der Waals surface area contributed by atoms with Crippen LogP contribution in [0.1, 0.15) is 18.9 Å². The van der Waals surface area contributed by atoms with E-state index in [1.54, 1.807) is 16.7 Å². The highest BCUT2D eigenvalue weighted by atomic mass is 35.5. The van der Waals surface area contributed by atoms with Crippen molar-refractivity contribution in [2.24, 2.45) is 0 Å². The molecule has 1 saturated heterocycles. The molecular weight excluding hydrogens is 264 g/mol. The van der Waals surface area contributed by atoms with E-state index in [4.69, 9.17) is 11.6 Å². The number of nitrogens with zero attached hydrogens (tertiary/aromatic N) is 2. The van der Waals surface area contributed by atoms with Gasteiger partial charge in [-0.15, -0.1) is 11.6 Å². The minimum atomic E-state index is -0.121. The first-order valence-electron chi connectivity index (χ1n) is 6.41. The molecule has 0 bridgehead atoms. The van der Waals surface area contributed by atoms with Crippen LogP contribution in [0.25, 0.3) is 0 Å². The van der Waals surface area contributed by atoms with Gasteiger partial charge < -0.3 is 9.80 Å². The van der Waals surface area contributed by atoms with Crippen molar-refractivity contribution in [2.45, 2.75) is 25.1 Å². The van der Waals surface area contributed by atoms with Gasteiger partial charge in [0.15, 0.2) is 0 Å². The van der Waals surface area contributed by atoms with Crippen molar-refractivity contribution in [3.05, 3.63) is 23.8 Å². The van der Waals surface area contributed by atoms with Crippen molar-refractivity contribution >= 4 is 34.8 Å². The lowest BCUT2D eigenvalue weighted by molar-refractivity contribution is -0.117. The van der Waals surface area contributed by atoms with Crippen LogP contribution in [0.3, 0.4) is 0 Å². The molecule has 5 heteroatoms. The Bertz CT molecular complexity index is 558. The summed E-state index contributed by atoms with van der Waals surface area (Å²) in [4.78, 5) is 26.9. The quantitative estimate of drug-likeness (QED) is 0.737. The Labute approximate surface area is 116 Å². The van der Waals surface area contributed by atoms with Gasteiger partial charge in [0.05, 0.1) is 5.38 Å². The zero-order valence-corrected chi connectivity index (χ0v) is 11.5. The summed E-state index contributed by atoms with van der Waals surface area (Å²) in [5.74, 6) is 0.0891. The number of rotatable bonds is 1. The molecule has 0 saturated carbocycles. The molecule has 1 fully saturated rings. The van der Waals surface area contributed by atoms with Crippen molar-refractivity contribution in [2.75, 3.05) is 22.9 Å². The highest BCUT2D eigenvalue weighted by Gasteiger charge is 2.30. The van der Waals surface area contributed by atoms with E-state index in [0.717, 1.165) is 29.9 Å². The maximum Gasteiger partial charge on any atom is 0.228 e. The Morgan fingerprint density at radius 3 is 2.84 bits per heavy atom. The third-order valence-corrected chi connectivity index (χ3v) is 4.03. The molecular formula is C14H15ClN2O2. The lowest BCUT2D eigenvalue weighted by Gasteiger charge is -2.20. The van der Waals surface area contributed by atoms with Crippen molar-refractivity contribution in [3.63, 3.8) is 0 Å².